The molecule has 0 fully saturated rings. The Kier molecular flexibility index (Phi) is 5.57. The first-order valence-corrected chi connectivity index (χ1v) is 17.4. The van der Waals surface area contributed by atoms with Crippen molar-refractivity contribution in [1.29, 1.82) is 0 Å². The molecule has 0 aliphatic rings. The van der Waals surface area contributed by atoms with Crippen LogP contribution in [0, 0.1) is 0 Å². The molecule has 0 bridgehead atoms. The highest BCUT2D eigenvalue weighted by Crippen LogP contribution is 2.52. The summed E-state index contributed by atoms with van der Waals surface area (Å²) in [5, 5.41) is 10.5. The fourth-order valence-electron chi connectivity index (χ4n) is 8.01. The quantitative estimate of drug-likeness (QED) is 0.179. The molecular formula is C46H26O2S. The Hall–Kier alpha value is -6.16. The second-order valence-electron chi connectivity index (χ2n) is 12.7. The third-order valence-corrected chi connectivity index (χ3v) is 11.3. The molecule has 11 aromatic rings. The van der Waals surface area contributed by atoms with Crippen molar-refractivity contribution < 1.29 is 8.83 Å². The molecule has 228 valence electrons. The van der Waals surface area contributed by atoms with E-state index in [0.29, 0.717) is 0 Å². The molecule has 0 aliphatic carbocycles. The Balaban J connectivity index is 1.30. The van der Waals surface area contributed by atoms with Crippen LogP contribution in [-0.4, -0.2) is 0 Å². The van der Waals surface area contributed by atoms with Gasteiger partial charge in [0.25, 0.3) is 0 Å². The van der Waals surface area contributed by atoms with Gasteiger partial charge in [0.1, 0.15) is 11.3 Å². The summed E-state index contributed by atoms with van der Waals surface area (Å²) in [7, 11) is 0. The molecule has 11 rings (SSSR count). The maximum absolute atomic E-state index is 7.16. The predicted octanol–water partition coefficient (Wildman–Crippen LogP) is 14.0. The van der Waals surface area contributed by atoms with E-state index in [1.54, 1.807) is 0 Å². The first kappa shape index (κ1) is 26.9. The molecule has 0 aliphatic heterocycles. The van der Waals surface area contributed by atoms with Crippen LogP contribution < -0.4 is 0 Å². The summed E-state index contributed by atoms with van der Waals surface area (Å²) in [5.41, 5.74) is 8.21. The lowest BCUT2D eigenvalue weighted by atomic mass is 9.86. The van der Waals surface area contributed by atoms with Crippen molar-refractivity contribution in [1.82, 2.24) is 0 Å². The van der Waals surface area contributed by atoms with E-state index in [4.69, 9.17) is 8.83 Å². The monoisotopic (exact) mass is 642 g/mol. The van der Waals surface area contributed by atoms with Gasteiger partial charge in [-0.2, -0.15) is 0 Å². The van der Waals surface area contributed by atoms with Crippen LogP contribution in [0.25, 0.3) is 108 Å². The fourth-order valence-corrected chi connectivity index (χ4v) is 9.23. The number of furan rings is 2. The van der Waals surface area contributed by atoms with Crippen LogP contribution >= 0.6 is 11.3 Å². The first-order valence-electron chi connectivity index (χ1n) is 16.6. The Morgan fingerprint density at radius 2 is 0.918 bits per heavy atom. The standard InChI is InChI=1S/C46H26O2S/c1-2-13-27(14-3-1)40-36-26-25-34-28-15-8-10-23-38(28)47-43(34)44(36)48-45(40)42-32-19-6-4-17-30(32)41(31-18-5-7-20-33(31)42)37-22-12-21-35-29-16-9-11-24-39(29)49-46(35)37/h1-26H. The number of fused-ring (bicyclic) bond motifs is 10. The van der Waals surface area contributed by atoms with Gasteiger partial charge in [0.05, 0.1) is 0 Å². The minimum absolute atomic E-state index is 0.773. The molecule has 49 heavy (non-hydrogen) atoms. The van der Waals surface area contributed by atoms with Crippen LogP contribution in [0.4, 0.5) is 0 Å². The highest BCUT2D eigenvalue weighted by Gasteiger charge is 2.26. The predicted molar refractivity (Wildman–Crippen MR) is 208 cm³/mol. The van der Waals surface area contributed by atoms with Gasteiger partial charge in [-0.15, -0.1) is 11.3 Å². The lowest BCUT2D eigenvalue weighted by molar-refractivity contribution is 0.613. The van der Waals surface area contributed by atoms with Gasteiger partial charge in [0.2, 0.25) is 0 Å². The zero-order valence-corrected chi connectivity index (χ0v) is 27.1. The fraction of sp³-hybridized carbons (Fsp3) is 0. The molecule has 0 saturated heterocycles. The van der Waals surface area contributed by atoms with Crippen LogP contribution in [0.1, 0.15) is 0 Å². The van der Waals surface area contributed by atoms with E-state index < -0.39 is 0 Å². The van der Waals surface area contributed by atoms with Crippen LogP contribution in [0.15, 0.2) is 167 Å². The third kappa shape index (κ3) is 3.76. The Labute approximate surface area is 285 Å². The number of hydrogen-bond acceptors (Lipinski definition) is 3. The molecular weight excluding hydrogens is 617 g/mol. The summed E-state index contributed by atoms with van der Waals surface area (Å²) in [4.78, 5) is 0. The molecule has 0 spiro atoms. The van der Waals surface area contributed by atoms with Crippen molar-refractivity contribution >= 4 is 86.0 Å². The second-order valence-corrected chi connectivity index (χ2v) is 13.8. The van der Waals surface area contributed by atoms with Crippen LogP contribution in [0.5, 0.6) is 0 Å². The van der Waals surface area contributed by atoms with E-state index in [0.717, 1.165) is 66.1 Å². The smallest absolute Gasteiger partial charge is 0.178 e. The zero-order valence-electron chi connectivity index (χ0n) is 26.2. The van der Waals surface area contributed by atoms with Gasteiger partial charge in [-0.1, -0.05) is 133 Å². The number of rotatable bonds is 3. The largest absolute Gasteiger partial charge is 0.452 e. The molecule has 3 aromatic heterocycles. The first-order chi connectivity index (χ1) is 24.3. The maximum Gasteiger partial charge on any atom is 0.178 e. The summed E-state index contributed by atoms with van der Waals surface area (Å²) < 4.78 is 16.3. The average Bonchev–Trinajstić information content (AvgIpc) is 3.86. The molecule has 0 N–H and O–H groups in total. The van der Waals surface area contributed by atoms with Gasteiger partial charge in [-0.3, -0.25) is 0 Å². The third-order valence-electron chi connectivity index (χ3n) is 10.1. The minimum Gasteiger partial charge on any atom is -0.452 e. The summed E-state index contributed by atoms with van der Waals surface area (Å²) in [6, 6.07) is 56.4. The molecule has 0 atom stereocenters. The van der Waals surface area contributed by atoms with Crippen molar-refractivity contribution in [3.05, 3.63) is 158 Å². The molecule has 3 heterocycles. The molecule has 0 amide bonds. The van der Waals surface area contributed by atoms with E-state index in [1.165, 1.54) is 42.1 Å². The summed E-state index contributed by atoms with van der Waals surface area (Å²) in [6.45, 7) is 0. The maximum atomic E-state index is 7.16. The normalized spacial score (nSPS) is 12.1. The van der Waals surface area contributed by atoms with Crippen LogP contribution in [-0.2, 0) is 0 Å². The molecule has 0 unspecified atom stereocenters. The van der Waals surface area contributed by atoms with Gasteiger partial charge in [0, 0.05) is 53.0 Å². The molecule has 3 heteroatoms. The second kappa shape index (κ2) is 10.2. The molecule has 8 aromatic carbocycles. The molecule has 0 radical (unpaired) electrons. The van der Waals surface area contributed by atoms with E-state index in [1.807, 2.05) is 23.5 Å². The van der Waals surface area contributed by atoms with Crippen molar-refractivity contribution in [3.63, 3.8) is 0 Å². The number of thiophene rings is 1. The van der Waals surface area contributed by atoms with Crippen LogP contribution in [0.2, 0.25) is 0 Å². The van der Waals surface area contributed by atoms with Crippen molar-refractivity contribution in [2.45, 2.75) is 0 Å². The minimum atomic E-state index is 0.773. The lowest BCUT2D eigenvalue weighted by Crippen LogP contribution is -1.91. The number of hydrogen-bond donors (Lipinski definition) is 0. The van der Waals surface area contributed by atoms with E-state index >= 15 is 0 Å². The van der Waals surface area contributed by atoms with Crippen molar-refractivity contribution in [2.75, 3.05) is 0 Å². The SMILES string of the molecule is c1ccc(-c2c(-c3c4ccccc4c(-c4cccc5c4sc4ccccc45)c4ccccc34)oc3c2ccc2c4ccccc4oc23)cc1. The van der Waals surface area contributed by atoms with Crippen molar-refractivity contribution in [2.24, 2.45) is 0 Å². The zero-order chi connectivity index (χ0) is 32.1. The van der Waals surface area contributed by atoms with Crippen LogP contribution in [0.3, 0.4) is 0 Å². The topological polar surface area (TPSA) is 26.3 Å². The van der Waals surface area contributed by atoms with Gasteiger partial charge in [-0.05, 0) is 56.9 Å². The average molecular weight is 643 g/mol. The number of benzene rings is 8. The summed E-state index contributed by atoms with van der Waals surface area (Å²) >= 11 is 1.88. The molecule has 0 saturated carbocycles. The Morgan fingerprint density at radius 1 is 0.347 bits per heavy atom. The van der Waals surface area contributed by atoms with Gasteiger partial charge >= 0.3 is 0 Å². The lowest BCUT2D eigenvalue weighted by Gasteiger charge is -2.17. The van der Waals surface area contributed by atoms with Gasteiger partial charge < -0.3 is 8.83 Å². The van der Waals surface area contributed by atoms with E-state index in [9.17, 15) is 0 Å². The Morgan fingerprint density at radius 3 is 1.67 bits per heavy atom. The van der Waals surface area contributed by atoms with E-state index in [-0.39, 0.29) is 0 Å². The van der Waals surface area contributed by atoms with Crippen molar-refractivity contribution in [3.8, 4) is 33.6 Å². The Bertz CT molecular complexity index is 3050. The molecule has 2 nitrogen and oxygen atoms in total. The van der Waals surface area contributed by atoms with Gasteiger partial charge in [-0.25, -0.2) is 0 Å². The van der Waals surface area contributed by atoms with Gasteiger partial charge in [0.15, 0.2) is 11.2 Å². The number of para-hydroxylation sites is 1. The highest BCUT2D eigenvalue weighted by atomic mass is 32.1. The summed E-state index contributed by atoms with van der Waals surface area (Å²) in [5.74, 6) is 0.855. The summed E-state index contributed by atoms with van der Waals surface area (Å²) in [6.07, 6.45) is 0. The van der Waals surface area contributed by atoms with E-state index in [2.05, 4.69) is 146 Å². The highest BCUT2D eigenvalue weighted by molar-refractivity contribution is 7.26.